The predicted octanol–water partition coefficient (Wildman–Crippen LogP) is 2.87. The van der Waals surface area contributed by atoms with Crippen molar-refractivity contribution in [1.29, 1.82) is 0 Å². The van der Waals surface area contributed by atoms with Crippen LogP contribution in [0.4, 0.5) is 13.2 Å². The maximum atomic E-state index is 12.7. The Hall–Kier alpha value is -1.27. The lowest BCUT2D eigenvalue weighted by atomic mass is 9.82. The van der Waals surface area contributed by atoms with E-state index in [1.807, 2.05) is 0 Å². The summed E-state index contributed by atoms with van der Waals surface area (Å²) in [4.78, 5) is 12.1. The van der Waals surface area contributed by atoms with Gasteiger partial charge in [0.25, 0.3) is 0 Å². The molecule has 0 bridgehead atoms. The molecule has 0 aromatic heterocycles. The fourth-order valence-corrected chi connectivity index (χ4v) is 1.68. The quantitative estimate of drug-likeness (QED) is 0.894. The van der Waals surface area contributed by atoms with Crippen LogP contribution in [0.5, 0.6) is 0 Å². The van der Waals surface area contributed by atoms with Gasteiger partial charge in [0.15, 0.2) is 0 Å². The second-order valence-electron chi connectivity index (χ2n) is 5.31. The molecule has 3 nitrogen and oxygen atoms in total. The smallest absolute Gasteiger partial charge is 0.352 e. The number of hydrogen-bond donors (Lipinski definition) is 2. The summed E-state index contributed by atoms with van der Waals surface area (Å²) >= 11 is 0. The van der Waals surface area contributed by atoms with E-state index in [-0.39, 0.29) is 30.9 Å². The maximum absolute atomic E-state index is 12.7. The molecule has 0 unspecified atom stereocenters. The number of carbonyl (C=O) groups excluding carboxylic acids is 1. The van der Waals surface area contributed by atoms with Crippen LogP contribution >= 0.6 is 12.4 Å². The van der Waals surface area contributed by atoms with Crippen LogP contribution in [0.25, 0.3) is 0 Å². The number of benzene rings is 1. The average molecular weight is 325 g/mol. The Labute approximate surface area is 128 Å². The largest absolute Gasteiger partial charge is 0.416 e. The van der Waals surface area contributed by atoms with E-state index in [1.54, 1.807) is 20.8 Å². The first-order valence-electron chi connectivity index (χ1n) is 6.27. The Morgan fingerprint density at radius 1 is 1.29 bits per heavy atom. The minimum Gasteiger partial charge on any atom is -0.352 e. The van der Waals surface area contributed by atoms with Gasteiger partial charge in [-0.05, 0) is 32.4 Å². The van der Waals surface area contributed by atoms with E-state index in [2.05, 4.69) is 5.32 Å². The number of nitrogens with one attached hydrogen (secondary N) is 1. The Bertz CT molecular complexity index is 489. The number of hydrogen-bond acceptors (Lipinski definition) is 2. The van der Waals surface area contributed by atoms with Crippen molar-refractivity contribution >= 4 is 18.3 Å². The van der Waals surface area contributed by atoms with Gasteiger partial charge in [0.2, 0.25) is 5.91 Å². The molecule has 1 aromatic carbocycles. The average Bonchev–Trinajstić information content (AvgIpc) is 2.37. The second-order valence-corrected chi connectivity index (χ2v) is 5.31. The molecule has 1 atom stereocenters. The molecular formula is C14H20ClF3N2O. The second kappa shape index (κ2) is 7.13. The number of carbonyl (C=O) groups is 1. The van der Waals surface area contributed by atoms with Crippen molar-refractivity contribution in [2.24, 2.45) is 5.73 Å². The van der Waals surface area contributed by atoms with Crippen LogP contribution in [0.1, 0.15) is 31.9 Å². The molecule has 0 aliphatic carbocycles. The van der Waals surface area contributed by atoms with Gasteiger partial charge in [0.05, 0.1) is 11.0 Å². The number of alkyl halides is 3. The van der Waals surface area contributed by atoms with Crippen molar-refractivity contribution in [3.63, 3.8) is 0 Å². The molecule has 3 N–H and O–H groups in total. The van der Waals surface area contributed by atoms with E-state index in [4.69, 9.17) is 5.73 Å². The van der Waals surface area contributed by atoms with Crippen LogP contribution in [-0.4, -0.2) is 18.5 Å². The van der Waals surface area contributed by atoms with Crippen LogP contribution in [0.3, 0.4) is 0 Å². The Balaban J connectivity index is 0.00000400. The third-order valence-electron chi connectivity index (χ3n) is 3.21. The molecular weight excluding hydrogens is 305 g/mol. The first-order chi connectivity index (χ1) is 9.09. The van der Waals surface area contributed by atoms with Crippen molar-refractivity contribution in [1.82, 2.24) is 5.32 Å². The van der Waals surface area contributed by atoms with E-state index >= 15 is 0 Å². The number of rotatable bonds is 4. The van der Waals surface area contributed by atoms with E-state index in [0.717, 1.165) is 12.1 Å². The van der Waals surface area contributed by atoms with Crippen LogP contribution in [-0.2, 0) is 16.4 Å². The molecule has 21 heavy (non-hydrogen) atoms. The van der Waals surface area contributed by atoms with Crippen molar-refractivity contribution in [3.05, 3.63) is 35.4 Å². The van der Waals surface area contributed by atoms with E-state index in [0.29, 0.717) is 5.56 Å². The highest BCUT2D eigenvalue weighted by atomic mass is 35.5. The van der Waals surface area contributed by atoms with E-state index < -0.39 is 17.2 Å². The lowest BCUT2D eigenvalue weighted by molar-refractivity contribution is -0.138. The van der Waals surface area contributed by atoms with Gasteiger partial charge >= 0.3 is 6.18 Å². The molecule has 0 fully saturated rings. The van der Waals surface area contributed by atoms with Crippen LogP contribution in [0.2, 0.25) is 0 Å². The van der Waals surface area contributed by atoms with Crippen LogP contribution in [0.15, 0.2) is 24.3 Å². The molecule has 0 saturated heterocycles. The highest BCUT2D eigenvalue weighted by Gasteiger charge is 2.35. The monoisotopic (exact) mass is 324 g/mol. The topological polar surface area (TPSA) is 55.1 Å². The van der Waals surface area contributed by atoms with Crippen molar-refractivity contribution in [3.8, 4) is 0 Å². The van der Waals surface area contributed by atoms with Gasteiger partial charge in [-0.3, -0.25) is 4.79 Å². The first-order valence-corrected chi connectivity index (χ1v) is 6.27. The normalized spacial score (nSPS) is 13.3. The first kappa shape index (κ1) is 19.7. The highest BCUT2D eigenvalue weighted by molar-refractivity contribution is 5.87. The maximum Gasteiger partial charge on any atom is 0.416 e. The lowest BCUT2D eigenvalue weighted by Crippen LogP contribution is -2.46. The molecule has 0 aliphatic heterocycles. The number of nitrogens with two attached hydrogens (primary N) is 1. The molecule has 0 saturated carbocycles. The molecule has 1 rings (SSSR count). The zero-order valence-electron chi connectivity index (χ0n) is 12.1. The molecule has 0 radical (unpaired) electrons. The molecule has 0 spiro atoms. The molecule has 1 amide bonds. The minimum absolute atomic E-state index is 0. The minimum atomic E-state index is -4.42. The van der Waals surface area contributed by atoms with Gasteiger partial charge < -0.3 is 11.1 Å². The predicted molar refractivity (Wildman–Crippen MR) is 78.4 cm³/mol. The Morgan fingerprint density at radius 2 is 1.81 bits per heavy atom. The third-order valence-corrected chi connectivity index (χ3v) is 3.21. The van der Waals surface area contributed by atoms with Crippen molar-refractivity contribution < 1.29 is 18.0 Å². The SMILES string of the molecule is C[C@@H](CN)NC(=O)C(C)(C)c1cccc(C(F)(F)F)c1.Cl. The van der Waals surface area contributed by atoms with Gasteiger partial charge in [-0.1, -0.05) is 18.2 Å². The summed E-state index contributed by atoms with van der Waals surface area (Å²) in [6, 6.07) is 4.58. The standard InChI is InChI=1S/C14H19F3N2O.ClH/c1-9(8-18)19-12(20)13(2,3)10-5-4-6-11(7-10)14(15,16)17;/h4-7,9H,8,18H2,1-3H3,(H,19,20);1H/t9-;/m0./s1. The van der Waals surface area contributed by atoms with Gasteiger partial charge in [-0.15, -0.1) is 12.4 Å². The molecule has 120 valence electrons. The van der Waals surface area contributed by atoms with E-state index in [9.17, 15) is 18.0 Å². The summed E-state index contributed by atoms with van der Waals surface area (Å²) in [7, 11) is 0. The van der Waals surface area contributed by atoms with Crippen LogP contribution in [0, 0.1) is 0 Å². The number of halogens is 4. The van der Waals surface area contributed by atoms with Crippen molar-refractivity contribution in [2.45, 2.75) is 38.4 Å². The molecule has 7 heteroatoms. The van der Waals surface area contributed by atoms with Gasteiger partial charge in [-0.25, -0.2) is 0 Å². The summed E-state index contributed by atoms with van der Waals surface area (Å²) in [6.07, 6.45) is -4.42. The van der Waals surface area contributed by atoms with Crippen LogP contribution < -0.4 is 11.1 Å². The number of amides is 1. The summed E-state index contributed by atoms with van der Waals surface area (Å²) in [5.74, 6) is -0.352. The van der Waals surface area contributed by atoms with Gasteiger partial charge in [-0.2, -0.15) is 13.2 Å². The Kier molecular flexibility index (Phi) is 6.70. The fourth-order valence-electron chi connectivity index (χ4n) is 1.68. The van der Waals surface area contributed by atoms with Crippen molar-refractivity contribution in [2.75, 3.05) is 6.54 Å². The third kappa shape index (κ3) is 4.89. The summed E-state index contributed by atoms with van der Waals surface area (Å²) in [5.41, 5.74) is 3.91. The summed E-state index contributed by atoms with van der Waals surface area (Å²) in [5, 5.41) is 2.68. The Morgan fingerprint density at radius 3 is 2.29 bits per heavy atom. The van der Waals surface area contributed by atoms with Gasteiger partial charge in [0, 0.05) is 12.6 Å². The summed E-state index contributed by atoms with van der Waals surface area (Å²) < 4.78 is 38.1. The zero-order valence-corrected chi connectivity index (χ0v) is 12.9. The van der Waals surface area contributed by atoms with E-state index in [1.165, 1.54) is 12.1 Å². The van der Waals surface area contributed by atoms with Gasteiger partial charge in [0.1, 0.15) is 0 Å². The molecule has 1 aromatic rings. The fraction of sp³-hybridized carbons (Fsp3) is 0.500. The highest BCUT2D eigenvalue weighted by Crippen LogP contribution is 2.32. The summed E-state index contributed by atoms with van der Waals surface area (Å²) in [6.45, 7) is 5.17. The molecule has 0 aliphatic rings. The zero-order chi connectivity index (χ0) is 15.6. The molecule has 0 heterocycles. The lowest BCUT2D eigenvalue weighted by Gasteiger charge is -2.26.